The van der Waals surface area contributed by atoms with E-state index in [9.17, 15) is 0 Å². The van der Waals surface area contributed by atoms with Crippen molar-refractivity contribution in [2.24, 2.45) is 15.9 Å². The van der Waals surface area contributed by atoms with Crippen molar-refractivity contribution in [1.82, 2.24) is 4.57 Å². The van der Waals surface area contributed by atoms with Crippen LogP contribution >= 0.6 is 22.7 Å². The van der Waals surface area contributed by atoms with E-state index in [4.69, 9.17) is 9.98 Å². The Morgan fingerprint density at radius 2 is 1.19 bits per heavy atom. The number of aromatic nitrogens is 1. The van der Waals surface area contributed by atoms with Gasteiger partial charge in [0.25, 0.3) is 0 Å². The lowest BCUT2D eigenvalue weighted by atomic mass is 9.95. The van der Waals surface area contributed by atoms with Gasteiger partial charge in [-0.3, -0.25) is 9.98 Å². The molecule has 3 aromatic carbocycles. The van der Waals surface area contributed by atoms with E-state index in [1.54, 1.807) is 0 Å². The van der Waals surface area contributed by atoms with Crippen LogP contribution < -0.4 is 10.7 Å². The Kier molecular flexibility index (Phi) is 14.0. The molecule has 7 rings (SSSR count). The molecular formula is C54H71N3S2. The first kappa shape index (κ1) is 43.5. The molecule has 0 saturated heterocycles. The molecule has 5 heteroatoms. The predicted molar refractivity (Wildman–Crippen MR) is 260 cm³/mol. The van der Waals surface area contributed by atoms with Crippen molar-refractivity contribution < 1.29 is 0 Å². The van der Waals surface area contributed by atoms with Crippen LogP contribution in [0.3, 0.4) is 0 Å². The Bertz CT molecular complexity index is 2450. The SMILES string of the molecule is CCCCCCC1(CCCCCC)N=c2c(-c3ccc(-c4ccc5c6ccc(C(C)C)cc6n(CC(CC)CCCC)c5c4)s3)ccc(-c3ccc(C(C)(C)C)s3)c2=N1. The second-order valence-electron chi connectivity index (χ2n) is 19.0. The molecule has 3 aromatic heterocycles. The molecule has 0 fully saturated rings. The van der Waals surface area contributed by atoms with Crippen LogP contribution in [0.4, 0.5) is 0 Å². The molecule has 6 aromatic rings. The van der Waals surface area contributed by atoms with E-state index in [0.717, 1.165) is 30.1 Å². The van der Waals surface area contributed by atoms with E-state index >= 15 is 0 Å². The van der Waals surface area contributed by atoms with Gasteiger partial charge >= 0.3 is 0 Å². The minimum absolute atomic E-state index is 0.115. The van der Waals surface area contributed by atoms with Gasteiger partial charge in [-0.15, -0.1) is 22.7 Å². The highest BCUT2D eigenvalue weighted by molar-refractivity contribution is 7.18. The van der Waals surface area contributed by atoms with E-state index < -0.39 is 0 Å². The molecule has 0 amide bonds. The lowest BCUT2D eigenvalue weighted by Crippen LogP contribution is -2.25. The molecule has 1 aliphatic heterocycles. The van der Waals surface area contributed by atoms with Crippen molar-refractivity contribution in [2.45, 2.75) is 176 Å². The summed E-state index contributed by atoms with van der Waals surface area (Å²) >= 11 is 3.84. The fraction of sp³-hybridized carbons (Fsp3) is 0.519. The van der Waals surface area contributed by atoms with Crippen LogP contribution in [0.1, 0.15) is 169 Å². The second-order valence-corrected chi connectivity index (χ2v) is 21.1. The maximum absolute atomic E-state index is 5.77. The summed E-state index contributed by atoms with van der Waals surface area (Å²) in [6, 6.07) is 28.5. The van der Waals surface area contributed by atoms with Crippen LogP contribution in [-0.4, -0.2) is 10.2 Å². The Balaban J connectivity index is 1.33. The molecule has 0 N–H and O–H groups in total. The Hall–Kier alpha value is -3.54. The first-order chi connectivity index (χ1) is 28.5. The minimum Gasteiger partial charge on any atom is -0.340 e. The molecule has 0 spiro atoms. The number of rotatable bonds is 20. The highest BCUT2D eigenvalue weighted by Crippen LogP contribution is 2.40. The van der Waals surface area contributed by atoms with Gasteiger partial charge in [0.15, 0.2) is 5.66 Å². The van der Waals surface area contributed by atoms with Crippen molar-refractivity contribution in [3.63, 3.8) is 0 Å². The van der Waals surface area contributed by atoms with Gasteiger partial charge in [-0.25, -0.2) is 0 Å². The van der Waals surface area contributed by atoms with E-state index in [1.165, 1.54) is 141 Å². The van der Waals surface area contributed by atoms with Crippen molar-refractivity contribution in [2.75, 3.05) is 0 Å². The fourth-order valence-corrected chi connectivity index (χ4v) is 11.3. The Labute approximate surface area is 364 Å². The van der Waals surface area contributed by atoms with Crippen LogP contribution in [-0.2, 0) is 12.0 Å². The van der Waals surface area contributed by atoms with Gasteiger partial charge in [-0.1, -0.05) is 156 Å². The molecule has 0 bridgehead atoms. The summed E-state index contributed by atoms with van der Waals surface area (Å²) in [6.07, 6.45) is 17.0. The summed E-state index contributed by atoms with van der Waals surface area (Å²) in [4.78, 5) is 16.8. The van der Waals surface area contributed by atoms with Crippen molar-refractivity contribution in [3.05, 3.63) is 94.0 Å². The lowest BCUT2D eigenvalue weighted by Gasteiger charge is -2.23. The van der Waals surface area contributed by atoms with Crippen molar-refractivity contribution >= 4 is 44.5 Å². The maximum atomic E-state index is 5.77. The summed E-state index contributed by atoms with van der Waals surface area (Å²) < 4.78 is 2.67. The molecule has 0 aliphatic carbocycles. The van der Waals surface area contributed by atoms with Gasteiger partial charge in [0.1, 0.15) is 0 Å². The number of nitrogens with zero attached hydrogens (tertiary/aromatic N) is 3. The van der Waals surface area contributed by atoms with Crippen molar-refractivity contribution in [1.29, 1.82) is 0 Å². The zero-order valence-corrected chi connectivity index (χ0v) is 39.5. The van der Waals surface area contributed by atoms with Crippen LogP contribution in [0.15, 0.2) is 82.8 Å². The van der Waals surface area contributed by atoms with E-state index in [0.29, 0.717) is 11.8 Å². The number of hydrogen-bond acceptors (Lipinski definition) is 4. The topological polar surface area (TPSA) is 29.6 Å². The van der Waals surface area contributed by atoms with E-state index in [-0.39, 0.29) is 11.1 Å². The van der Waals surface area contributed by atoms with Crippen LogP contribution in [0.5, 0.6) is 0 Å². The van der Waals surface area contributed by atoms with E-state index in [2.05, 4.69) is 140 Å². The maximum Gasteiger partial charge on any atom is 0.151 e. The summed E-state index contributed by atoms with van der Waals surface area (Å²) in [5.74, 6) is 1.17. The van der Waals surface area contributed by atoms with Gasteiger partial charge in [0, 0.05) is 59.0 Å². The van der Waals surface area contributed by atoms with Gasteiger partial charge in [0.2, 0.25) is 0 Å². The highest BCUT2D eigenvalue weighted by Gasteiger charge is 2.33. The van der Waals surface area contributed by atoms with E-state index in [1.807, 2.05) is 22.7 Å². The first-order valence-corrected chi connectivity index (χ1v) is 25.0. The van der Waals surface area contributed by atoms with Crippen LogP contribution in [0, 0.1) is 5.92 Å². The molecule has 314 valence electrons. The molecule has 1 atom stereocenters. The molecule has 0 saturated carbocycles. The number of fused-ring (bicyclic) bond motifs is 4. The number of thiophene rings is 2. The van der Waals surface area contributed by atoms with Gasteiger partial charge in [0.05, 0.1) is 10.7 Å². The molecule has 4 heterocycles. The largest absolute Gasteiger partial charge is 0.340 e. The van der Waals surface area contributed by atoms with Crippen molar-refractivity contribution in [3.8, 4) is 31.3 Å². The standard InChI is InChI=1S/C54H71N3S2/c1-10-14-17-19-32-54(33-20-18-15-11-2)55-51-43(26-27-44(52(51)56-54)49-30-31-50(59-49)53(7,8)9)48-29-28-47(58-48)40-23-25-42-41-24-22-39(37(5)6)34-45(41)57(46(42)35-40)36-38(13-4)21-16-12-3/h22-31,34-35,37-38H,10-21,32-33,36H2,1-9H3. The summed E-state index contributed by atoms with van der Waals surface area (Å²) in [5.41, 5.74) is 7.69. The molecular weight excluding hydrogens is 755 g/mol. The Morgan fingerprint density at radius 1 is 0.610 bits per heavy atom. The minimum atomic E-state index is -0.375. The molecule has 1 aliphatic rings. The van der Waals surface area contributed by atoms with Gasteiger partial charge in [-0.2, -0.15) is 0 Å². The molecule has 1 unspecified atom stereocenters. The Morgan fingerprint density at radius 3 is 1.76 bits per heavy atom. The number of hydrogen-bond donors (Lipinski definition) is 0. The highest BCUT2D eigenvalue weighted by atomic mass is 32.1. The predicted octanol–water partition coefficient (Wildman–Crippen LogP) is 16.4. The van der Waals surface area contributed by atoms with Crippen LogP contribution in [0.2, 0.25) is 0 Å². The van der Waals surface area contributed by atoms with Gasteiger partial charge < -0.3 is 4.57 Å². The average molecular weight is 826 g/mol. The fourth-order valence-electron chi connectivity index (χ4n) is 9.18. The number of unbranched alkanes of at least 4 members (excludes halogenated alkanes) is 7. The van der Waals surface area contributed by atoms with Gasteiger partial charge in [-0.05, 0) is 96.9 Å². The molecule has 59 heavy (non-hydrogen) atoms. The zero-order valence-electron chi connectivity index (χ0n) is 37.8. The average Bonchev–Trinajstić information content (AvgIpc) is 4.04. The normalized spacial score (nSPS) is 14.3. The third-order valence-corrected chi connectivity index (χ3v) is 15.7. The molecule has 3 nitrogen and oxygen atoms in total. The second kappa shape index (κ2) is 19.0. The first-order valence-electron chi connectivity index (χ1n) is 23.4. The quantitative estimate of drug-likeness (QED) is 0.0687. The third kappa shape index (κ3) is 9.52. The smallest absolute Gasteiger partial charge is 0.151 e. The molecule has 0 radical (unpaired) electrons. The third-order valence-electron chi connectivity index (χ3n) is 13.0. The monoisotopic (exact) mass is 826 g/mol. The zero-order chi connectivity index (χ0) is 41.7. The summed E-state index contributed by atoms with van der Waals surface area (Å²) in [5, 5.41) is 4.97. The lowest BCUT2D eigenvalue weighted by molar-refractivity contribution is 0.350. The summed E-state index contributed by atoms with van der Waals surface area (Å²) in [7, 11) is 0. The number of benzene rings is 3. The summed E-state index contributed by atoms with van der Waals surface area (Å²) in [6.45, 7) is 22.0. The van der Waals surface area contributed by atoms with Crippen LogP contribution in [0.25, 0.3) is 53.1 Å².